The third-order valence-corrected chi connectivity index (χ3v) is 3.84. The summed E-state index contributed by atoms with van der Waals surface area (Å²) in [6, 6.07) is 2.85. The van der Waals surface area contributed by atoms with Gasteiger partial charge in [0, 0.05) is 25.3 Å². The van der Waals surface area contributed by atoms with Gasteiger partial charge in [0.25, 0.3) is 0 Å². The normalized spacial score (nSPS) is 21.7. The van der Waals surface area contributed by atoms with E-state index in [0.717, 1.165) is 19.3 Å². The summed E-state index contributed by atoms with van der Waals surface area (Å²) in [5.74, 6) is 1.15. The first-order valence-corrected chi connectivity index (χ1v) is 6.70. The minimum atomic E-state index is -0.465. The van der Waals surface area contributed by atoms with Gasteiger partial charge in [-0.3, -0.25) is 10.1 Å². The quantitative estimate of drug-likeness (QED) is 0.609. The molecule has 1 aliphatic carbocycles. The van der Waals surface area contributed by atoms with E-state index in [1.54, 1.807) is 0 Å². The van der Waals surface area contributed by atoms with Crippen LogP contribution in [0.15, 0.2) is 12.1 Å². The van der Waals surface area contributed by atoms with Crippen molar-refractivity contribution in [2.24, 2.45) is 11.8 Å². The highest BCUT2D eigenvalue weighted by atomic mass is 16.6. The Morgan fingerprint density at radius 3 is 2.90 bits per heavy atom. The number of aliphatic hydroxyl groups is 1. The summed E-state index contributed by atoms with van der Waals surface area (Å²) < 4.78 is 4.99. The van der Waals surface area contributed by atoms with Gasteiger partial charge in [-0.15, -0.1) is 0 Å². The van der Waals surface area contributed by atoms with Crippen LogP contribution in [-0.4, -0.2) is 35.3 Å². The number of nitrogens with one attached hydrogen (secondary N) is 1. The Hall–Kier alpha value is -1.89. The topological polar surface area (TPSA) is 97.5 Å². The first-order valence-electron chi connectivity index (χ1n) is 6.70. The van der Waals surface area contributed by atoms with E-state index in [2.05, 4.69) is 10.3 Å². The van der Waals surface area contributed by atoms with Crippen LogP contribution in [0.3, 0.4) is 0 Å². The van der Waals surface area contributed by atoms with Crippen LogP contribution in [0.5, 0.6) is 5.88 Å². The second-order valence-electron chi connectivity index (χ2n) is 4.99. The average Bonchev–Trinajstić information content (AvgIpc) is 2.91. The molecule has 1 saturated carbocycles. The van der Waals surface area contributed by atoms with Crippen molar-refractivity contribution in [3.63, 3.8) is 0 Å². The Bertz CT molecular complexity index is 481. The van der Waals surface area contributed by atoms with E-state index in [0.29, 0.717) is 18.3 Å². The summed E-state index contributed by atoms with van der Waals surface area (Å²) in [6.45, 7) is 0.742. The zero-order valence-corrected chi connectivity index (χ0v) is 11.4. The third-order valence-electron chi connectivity index (χ3n) is 3.84. The van der Waals surface area contributed by atoms with Crippen LogP contribution in [0.2, 0.25) is 0 Å². The number of anilines is 1. The molecule has 20 heavy (non-hydrogen) atoms. The van der Waals surface area contributed by atoms with Gasteiger partial charge in [-0.25, -0.2) is 0 Å². The Balaban J connectivity index is 2.09. The standard InChI is InChI=1S/C13H19N3O4/c1-20-12-6-5-11(16(18)19)13(15-12)14-7-9-3-2-4-10(9)8-17/h5-6,9-10,17H,2-4,7-8H2,1H3,(H,14,15). The van der Waals surface area contributed by atoms with Crippen LogP contribution >= 0.6 is 0 Å². The van der Waals surface area contributed by atoms with Gasteiger partial charge in [0.05, 0.1) is 12.0 Å². The van der Waals surface area contributed by atoms with Crippen LogP contribution < -0.4 is 10.1 Å². The molecular formula is C13H19N3O4. The van der Waals surface area contributed by atoms with Crippen molar-refractivity contribution in [3.05, 3.63) is 22.2 Å². The lowest BCUT2D eigenvalue weighted by Crippen LogP contribution is -2.21. The van der Waals surface area contributed by atoms with Crippen molar-refractivity contribution < 1.29 is 14.8 Å². The Morgan fingerprint density at radius 2 is 2.25 bits per heavy atom. The maximum absolute atomic E-state index is 11.0. The molecule has 0 saturated heterocycles. The largest absolute Gasteiger partial charge is 0.481 e. The van der Waals surface area contributed by atoms with Gasteiger partial charge in [-0.1, -0.05) is 6.42 Å². The molecule has 0 bridgehead atoms. The lowest BCUT2D eigenvalue weighted by Gasteiger charge is -2.18. The molecule has 0 amide bonds. The fourth-order valence-electron chi connectivity index (χ4n) is 2.68. The monoisotopic (exact) mass is 281 g/mol. The lowest BCUT2D eigenvalue weighted by molar-refractivity contribution is -0.384. The van der Waals surface area contributed by atoms with Gasteiger partial charge in [0.2, 0.25) is 11.7 Å². The summed E-state index contributed by atoms with van der Waals surface area (Å²) in [6.07, 6.45) is 3.12. The van der Waals surface area contributed by atoms with E-state index in [-0.39, 0.29) is 24.0 Å². The summed E-state index contributed by atoms with van der Waals surface area (Å²) in [5.41, 5.74) is -0.0654. The molecular weight excluding hydrogens is 262 g/mol. The molecule has 0 spiro atoms. The molecule has 2 unspecified atom stereocenters. The van der Waals surface area contributed by atoms with Gasteiger partial charge in [-0.05, 0) is 24.7 Å². The second kappa shape index (κ2) is 6.51. The zero-order valence-electron chi connectivity index (χ0n) is 11.4. The minimum absolute atomic E-state index is 0.0654. The molecule has 1 aliphatic rings. The molecule has 0 radical (unpaired) electrons. The van der Waals surface area contributed by atoms with Gasteiger partial charge in [0.15, 0.2) is 0 Å². The molecule has 7 nitrogen and oxygen atoms in total. The minimum Gasteiger partial charge on any atom is -0.481 e. The van der Waals surface area contributed by atoms with Crippen molar-refractivity contribution in [2.75, 3.05) is 25.6 Å². The highest BCUT2D eigenvalue weighted by Crippen LogP contribution is 2.32. The summed E-state index contributed by atoms with van der Waals surface area (Å²) in [7, 11) is 1.47. The second-order valence-corrected chi connectivity index (χ2v) is 4.99. The van der Waals surface area contributed by atoms with Crippen LogP contribution in [0.1, 0.15) is 19.3 Å². The number of hydrogen-bond donors (Lipinski definition) is 2. The van der Waals surface area contributed by atoms with Gasteiger partial charge >= 0.3 is 5.69 Å². The SMILES string of the molecule is COc1ccc([N+](=O)[O-])c(NCC2CCCC2CO)n1. The van der Waals surface area contributed by atoms with E-state index >= 15 is 0 Å². The van der Waals surface area contributed by atoms with E-state index in [9.17, 15) is 15.2 Å². The maximum atomic E-state index is 11.0. The fourth-order valence-corrected chi connectivity index (χ4v) is 2.68. The lowest BCUT2D eigenvalue weighted by atomic mass is 9.97. The van der Waals surface area contributed by atoms with Gasteiger partial charge in [-0.2, -0.15) is 4.98 Å². The summed E-state index contributed by atoms with van der Waals surface area (Å²) in [5, 5.41) is 23.3. The van der Waals surface area contributed by atoms with Crippen molar-refractivity contribution in [3.8, 4) is 5.88 Å². The van der Waals surface area contributed by atoms with Crippen LogP contribution in [0.25, 0.3) is 0 Å². The molecule has 2 atom stereocenters. The first-order chi connectivity index (χ1) is 9.65. The van der Waals surface area contributed by atoms with E-state index < -0.39 is 4.92 Å². The van der Waals surface area contributed by atoms with Crippen molar-refractivity contribution in [2.45, 2.75) is 19.3 Å². The number of aliphatic hydroxyl groups excluding tert-OH is 1. The summed E-state index contributed by atoms with van der Waals surface area (Å²) in [4.78, 5) is 14.6. The van der Waals surface area contributed by atoms with Crippen molar-refractivity contribution >= 4 is 11.5 Å². The number of pyridine rings is 1. The number of nitro groups is 1. The molecule has 110 valence electrons. The summed E-state index contributed by atoms with van der Waals surface area (Å²) >= 11 is 0. The maximum Gasteiger partial charge on any atom is 0.311 e. The first kappa shape index (κ1) is 14.5. The number of nitrogens with zero attached hydrogens (tertiary/aromatic N) is 2. The number of rotatable bonds is 6. The fraction of sp³-hybridized carbons (Fsp3) is 0.615. The number of hydrogen-bond acceptors (Lipinski definition) is 6. The highest BCUT2D eigenvalue weighted by molar-refractivity contribution is 5.57. The number of methoxy groups -OCH3 is 1. The molecule has 2 rings (SSSR count). The average molecular weight is 281 g/mol. The van der Waals surface area contributed by atoms with Crippen LogP contribution in [-0.2, 0) is 0 Å². The molecule has 1 heterocycles. The molecule has 0 aromatic carbocycles. The Labute approximate surface area is 117 Å². The Kier molecular flexibility index (Phi) is 4.73. The van der Waals surface area contributed by atoms with E-state index in [4.69, 9.17) is 4.74 Å². The molecule has 1 aromatic rings. The van der Waals surface area contributed by atoms with Crippen LogP contribution in [0, 0.1) is 22.0 Å². The third kappa shape index (κ3) is 3.16. The molecule has 7 heteroatoms. The Morgan fingerprint density at radius 1 is 1.50 bits per heavy atom. The number of ether oxygens (including phenoxy) is 1. The predicted octanol–water partition coefficient (Wildman–Crippen LogP) is 1.82. The van der Waals surface area contributed by atoms with E-state index in [1.165, 1.54) is 19.2 Å². The molecule has 1 aromatic heterocycles. The van der Waals surface area contributed by atoms with Crippen molar-refractivity contribution in [1.82, 2.24) is 4.98 Å². The number of aromatic nitrogens is 1. The van der Waals surface area contributed by atoms with E-state index in [1.807, 2.05) is 0 Å². The molecule has 1 fully saturated rings. The zero-order chi connectivity index (χ0) is 14.5. The highest BCUT2D eigenvalue weighted by Gasteiger charge is 2.27. The predicted molar refractivity (Wildman–Crippen MR) is 73.8 cm³/mol. The van der Waals surface area contributed by atoms with Gasteiger partial charge in [0.1, 0.15) is 0 Å². The van der Waals surface area contributed by atoms with Crippen molar-refractivity contribution in [1.29, 1.82) is 0 Å². The molecule has 2 N–H and O–H groups in total. The van der Waals surface area contributed by atoms with Gasteiger partial charge < -0.3 is 15.2 Å². The smallest absolute Gasteiger partial charge is 0.311 e. The molecule has 0 aliphatic heterocycles. The van der Waals surface area contributed by atoms with Crippen LogP contribution in [0.4, 0.5) is 11.5 Å².